The molecule has 0 saturated carbocycles. The number of hydrogen-bond donors (Lipinski definition) is 2. The summed E-state index contributed by atoms with van der Waals surface area (Å²) < 4.78 is 1.45. The molecule has 0 atom stereocenters. The van der Waals surface area contributed by atoms with E-state index in [9.17, 15) is 9.59 Å². The Morgan fingerprint density at radius 2 is 1.86 bits per heavy atom. The summed E-state index contributed by atoms with van der Waals surface area (Å²) >= 11 is 0. The van der Waals surface area contributed by atoms with Gasteiger partial charge in [-0.05, 0) is 25.5 Å². The molecular weight excluding hydrogens is 354 g/mol. The summed E-state index contributed by atoms with van der Waals surface area (Å²) in [6, 6.07) is 7.24. The second-order valence-electron chi connectivity index (χ2n) is 7.33. The fraction of sp³-hybridized carbons (Fsp3) is 0.571. The van der Waals surface area contributed by atoms with Gasteiger partial charge in [-0.25, -0.2) is 4.68 Å². The first-order chi connectivity index (χ1) is 13.7. The Hall–Kier alpha value is -2.25. The van der Waals surface area contributed by atoms with Crippen LogP contribution in [0.2, 0.25) is 0 Å². The molecule has 2 aromatic rings. The van der Waals surface area contributed by atoms with Crippen molar-refractivity contribution in [1.29, 1.82) is 0 Å². The Kier molecular flexibility index (Phi) is 7.56. The summed E-state index contributed by atoms with van der Waals surface area (Å²) in [5, 5.41) is 11.9. The molecule has 2 N–H and O–H groups in total. The molecule has 152 valence electrons. The summed E-state index contributed by atoms with van der Waals surface area (Å²) in [6.07, 6.45) is 3.89. The molecule has 2 heterocycles. The number of nitrogens with one attached hydrogen (secondary N) is 2. The number of benzene rings is 1. The number of piperazine rings is 1. The largest absolute Gasteiger partial charge is 0.351 e. The summed E-state index contributed by atoms with van der Waals surface area (Å²) in [7, 11) is 0. The van der Waals surface area contributed by atoms with E-state index in [1.807, 2.05) is 12.1 Å². The van der Waals surface area contributed by atoms with E-state index in [0.29, 0.717) is 29.6 Å². The predicted molar refractivity (Wildman–Crippen MR) is 112 cm³/mol. The highest BCUT2D eigenvalue weighted by atomic mass is 16.2. The van der Waals surface area contributed by atoms with Gasteiger partial charge in [-0.3, -0.25) is 9.59 Å². The zero-order chi connectivity index (χ0) is 19.8. The minimum absolute atomic E-state index is 0.123. The molecule has 1 aromatic carbocycles. The Balaban J connectivity index is 1.68. The zero-order valence-corrected chi connectivity index (χ0v) is 16.7. The monoisotopic (exact) mass is 385 g/mol. The quantitative estimate of drug-likeness (QED) is 0.641. The molecule has 1 saturated heterocycles. The van der Waals surface area contributed by atoms with E-state index in [2.05, 4.69) is 27.6 Å². The number of aromatic nitrogens is 2. The molecule has 0 unspecified atom stereocenters. The van der Waals surface area contributed by atoms with Gasteiger partial charge in [-0.1, -0.05) is 38.0 Å². The minimum atomic E-state index is -0.208. The van der Waals surface area contributed by atoms with E-state index in [1.54, 1.807) is 12.1 Å². The molecule has 1 aliphatic rings. The fourth-order valence-corrected chi connectivity index (χ4v) is 3.59. The van der Waals surface area contributed by atoms with Crippen molar-refractivity contribution >= 4 is 16.7 Å². The molecule has 1 aliphatic heterocycles. The molecule has 28 heavy (non-hydrogen) atoms. The normalized spacial score (nSPS) is 15.0. The summed E-state index contributed by atoms with van der Waals surface area (Å²) in [5.41, 5.74) is 0.218. The molecule has 1 amide bonds. The first kappa shape index (κ1) is 20.5. The Morgan fingerprint density at radius 3 is 2.61 bits per heavy atom. The van der Waals surface area contributed by atoms with Gasteiger partial charge in [0, 0.05) is 44.7 Å². The molecular formula is C21H31N5O2. The van der Waals surface area contributed by atoms with Crippen LogP contribution in [-0.4, -0.2) is 59.9 Å². The number of carbonyl (C=O) groups excluding carboxylic acids is 1. The van der Waals surface area contributed by atoms with Gasteiger partial charge in [0.05, 0.1) is 5.39 Å². The van der Waals surface area contributed by atoms with Gasteiger partial charge < -0.3 is 15.5 Å². The van der Waals surface area contributed by atoms with Gasteiger partial charge in [-0.2, -0.15) is 5.10 Å². The van der Waals surface area contributed by atoms with Crippen LogP contribution in [0.25, 0.3) is 10.8 Å². The highest BCUT2D eigenvalue weighted by molar-refractivity contribution is 6.04. The van der Waals surface area contributed by atoms with Crippen molar-refractivity contribution in [1.82, 2.24) is 25.3 Å². The summed E-state index contributed by atoms with van der Waals surface area (Å²) in [4.78, 5) is 27.9. The van der Waals surface area contributed by atoms with Crippen molar-refractivity contribution in [2.75, 3.05) is 39.3 Å². The second kappa shape index (κ2) is 10.3. The maximum atomic E-state index is 12.8. The second-order valence-corrected chi connectivity index (χ2v) is 7.33. The number of unbranched alkanes of at least 4 members (excludes halogenated alkanes) is 2. The first-order valence-electron chi connectivity index (χ1n) is 10.4. The van der Waals surface area contributed by atoms with E-state index in [1.165, 1.54) is 4.68 Å². The van der Waals surface area contributed by atoms with Crippen molar-refractivity contribution in [3.63, 3.8) is 0 Å². The van der Waals surface area contributed by atoms with Crippen molar-refractivity contribution in [2.45, 2.75) is 39.2 Å². The standard InChI is InChI=1S/C21H31N5O2/c1-2-3-6-14-26-21(28)18-9-5-4-8-17(18)19(24-26)20(27)23-10-7-13-25-15-11-22-12-16-25/h4-5,8-9,22H,2-3,6-7,10-16H2,1H3,(H,23,27). The van der Waals surface area contributed by atoms with Crippen LogP contribution in [-0.2, 0) is 6.54 Å². The van der Waals surface area contributed by atoms with Gasteiger partial charge in [0.15, 0.2) is 5.69 Å². The van der Waals surface area contributed by atoms with Crippen LogP contribution in [0.15, 0.2) is 29.1 Å². The van der Waals surface area contributed by atoms with Crippen molar-refractivity contribution in [3.05, 3.63) is 40.3 Å². The minimum Gasteiger partial charge on any atom is -0.351 e. The Morgan fingerprint density at radius 1 is 1.11 bits per heavy atom. The van der Waals surface area contributed by atoms with E-state index in [0.717, 1.165) is 58.4 Å². The lowest BCUT2D eigenvalue weighted by Crippen LogP contribution is -2.44. The molecule has 0 bridgehead atoms. The number of nitrogens with zero attached hydrogens (tertiary/aromatic N) is 3. The van der Waals surface area contributed by atoms with Crippen LogP contribution in [0.1, 0.15) is 43.1 Å². The zero-order valence-electron chi connectivity index (χ0n) is 16.7. The third kappa shape index (κ3) is 5.17. The lowest BCUT2D eigenvalue weighted by molar-refractivity contribution is 0.0945. The molecule has 0 radical (unpaired) electrons. The maximum absolute atomic E-state index is 12.8. The average molecular weight is 386 g/mol. The number of fused-ring (bicyclic) bond motifs is 1. The molecule has 1 fully saturated rings. The average Bonchev–Trinajstić information content (AvgIpc) is 2.73. The van der Waals surface area contributed by atoms with Crippen LogP contribution in [0, 0.1) is 0 Å². The van der Waals surface area contributed by atoms with Crippen LogP contribution in [0.5, 0.6) is 0 Å². The lowest BCUT2D eigenvalue weighted by Gasteiger charge is -2.27. The fourth-order valence-electron chi connectivity index (χ4n) is 3.59. The van der Waals surface area contributed by atoms with Gasteiger partial charge in [0.1, 0.15) is 0 Å². The van der Waals surface area contributed by atoms with Gasteiger partial charge in [0.2, 0.25) is 0 Å². The number of aryl methyl sites for hydroxylation is 1. The van der Waals surface area contributed by atoms with Crippen LogP contribution in [0.3, 0.4) is 0 Å². The van der Waals surface area contributed by atoms with E-state index in [-0.39, 0.29) is 11.5 Å². The third-order valence-corrected chi connectivity index (χ3v) is 5.20. The topological polar surface area (TPSA) is 79.3 Å². The number of carbonyl (C=O) groups is 1. The van der Waals surface area contributed by atoms with E-state index >= 15 is 0 Å². The Labute approximate surface area is 166 Å². The first-order valence-corrected chi connectivity index (χ1v) is 10.4. The summed E-state index contributed by atoms with van der Waals surface area (Å²) in [5.74, 6) is -0.208. The van der Waals surface area contributed by atoms with E-state index < -0.39 is 0 Å². The van der Waals surface area contributed by atoms with Crippen LogP contribution >= 0.6 is 0 Å². The molecule has 3 rings (SSSR count). The molecule has 0 aliphatic carbocycles. The van der Waals surface area contributed by atoms with Gasteiger partial charge in [0.25, 0.3) is 11.5 Å². The predicted octanol–water partition coefficient (Wildman–Crippen LogP) is 1.61. The van der Waals surface area contributed by atoms with Crippen LogP contribution < -0.4 is 16.2 Å². The number of amides is 1. The Bertz CT molecular complexity index is 842. The smallest absolute Gasteiger partial charge is 0.274 e. The number of hydrogen-bond acceptors (Lipinski definition) is 5. The van der Waals surface area contributed by atoms with Crippen LogP contribution in [0.4, 0.5) is 0 Å². The van der Waals surface area contributed by atoms with Crippen molar-refractivity contribution < 1.29 is 4.79 Å². The molecule has 7 nitrogen and oxygen atoms in total. The van der Waals surface area contributed by atoms with E-state index in [4.69, 9.17) is 0 Å². The highest BCUT2D eigenvalue weighted by Crippen LogP contribution is 2.13. The van der Waals surface area contributed by atoms with Gasteiger partial charge in [-0.15, -0.1) is 0 Å². The highest BCUT2D eigenvalue weighted by Gasteiger charge is 2.16. The van der Waals surface area contributed by atoms with Crippen molar-refractivity contribution in [2.24, 2.45) is 0 Å². The lowest BCUT2D eigenvalue weighted by atomic mass is 10.1. The maximum Gasteiger partial charge on any atom is 0.274 e. The SMILES string of the molecule is CCCCCn1nc(C(=O)NCCCN2CCNCC2)c2ccccc2c1=O. The van der Waals surface area contributed by atoms with Crippen molar-refractivity contribution in [3.8, 4) is 0 Å². The molecule has 7 heteroatoms. The third-order valence-electron chi connectivity index (χ3n) is 5.20. The molecule has 1 aromatic heterocycles. The summed E-state index contributed by atoms with van der Waals surface area (Å²) in [6.45, 7) is 8.42. The van der Waals surface area contributed by atoms with Gasteiger partial charge >= 0.3 is 0 Å². The number of rotatable bonds is 9. The molecule has 0 spiro atoms.